The van der Waals surface area contributed by atoms with Crippen LogP contribution in [0.4, 0.5) is 0 Å². The summed E-state index contributed by atoms with van der Waals surface area (Å²) in [4.78, 5) is 24.8. The van der Waals surface area contributed by atoms with Crippen LogP contribution < -0.4 is 10.1 Å². The second kappa shape index (κ2) is 7.53. The molecule has 0 aliphatic heterocycles. The van der Waals surface area contributed by atoms with Crippen molar-refractivity contribution in [1.82, 2.24) is 10.2 Å². The molecule has 5 heteroatoms. The summed E-state index contributed by atoms with van der Waals surface area (Å²) < 4.78 is 5.46. The van der Waals surface area contributed by atoms with Gasteiger partial charge in [0, 0.05) is 13.1 Å². The van der Waals surface area contributed by atoms with Crippen LogP contribution in [0.3, 0.4) is 0 Å². The van der Waals surface area contributed by atoms with Gasteiger partial charge in [-0.3, -0.25) is 9.59 Å². The summed E-state index contributed by atoms with van der Waals surface area (Å²) in [5, 5.41) is 2.74. The maximum absolute atomic E-state index is 11.9. The largest absolute Gasteiger partial charge is 0.484 e. The lowest BCUT2D eigenvalue weighted by Gasteiger charge is -2.18. The first-order valence-electron chi connectivity index (χ1n) is 6.62. The molecule has 0 atom stereocenters. The van der Waals surface area contributed by atoms with Crippen LogP contribution in [-0.4, -0.2) is 43.0 Å². The van der Waals surface area contributed by atoms with E-state index in [0.29, 0.717) is 5.75 Å². The van der Waals surface area contributed by atoms with Crippen molar-refractivity contribution in [1.29, 1.82) is 0 Å². The van der Waals surface area contributed by atoms with Gasteiger partial charge in [0.2, 0.25) is 5.91 Å². The minimum atomic E-state index is -0.229. The maximum Gasteiger partial charge on any atom is 0.260 e. The second-order valence-electron chi connectivity index (χ2n) is 5.03. The molecule has 1 aromatic carbocycles. The number of aryl methyl sites for hydroxylation is 1. The number of likely N-dealkylation sites (N-methyl/N-ethyl adjacent to an activating group) is 1. The number of ether oxygens (including phenoxy) is 1. The van der Waals surface area contributed by atoms with Crippen molar-refractivity contribution < 1.29 is 14.3 Å². The Labute approximate surface area is 119 Å². The Morgan fingerprint density at radius 3 is 2.55 bits per heavy atom. The number of carbonyl (C=O) groups excluding carboxylic acids is 2. The third-order valence-electron chi connectivity index (χ3n) is 2.70. The molecule has 0 saturated carbocycles. The molecular weight excluding hydrogens is 256 g/mol. The molecule has 2 amide bonds. The van der Waals surface area contributed by atoms with Gasteiger partial charge in [-0.1, -0.05) is 18.2 Å². The van der Waals surface area contributed by atoms with Crippen molar-refractivity contribution in [2.75, 3.05) is 20.2 Å². The summed E-state index contributed by atoms with van der Waals surface area (Å²) in [6.45, 7) is 5.63. The van der Waals surface area contributed by atoms with E-state index in [-0.39, 0.29) is 31.0 Å². The highest BCUT2D eigenvalue weighted by Gasteiger charge is 2.14. The minimum absolute atomic E-state index is 0.0359. The Hall–Kier alpha value is -2.04. The normalized spacial score (nSPS) is 10.2. The van der Waals surface area contributed by atoms with Gasteiger partial charge < -0.3 is 15.0 Å². The van der Waals surface area contributed by atoms with Crippen molar-refractivity contribution >= 4 is 11.8 Å². The number of hydrogen-bond acceptors (Lipinski definition) is 3. The molecule has 1 rings (SSSR count). The average molecular weight is 278 g/mol. The lowest BCUT2D eigenvalue weighted by molar-refractivity contribution is -0.136. The highest BCUT2D eigenvalue weighted by Crippen LogP contribution is 2.15. The lowest BCUT2D eigenvalue weighted by Crippen LogP contribution is -2.42. The number of hydrogen-bond donors (Lipinski definition) is 1. The zero-order valence-electron chi connectivity index (χ0n) is 12.5. The highest BCUT2D eigenvalue weighted by atomic mass is 16.5. The molecule has 0 heterocycles. The van der Waals surface area contributed by atoms with Gasteiger partial charge in [0.25, 0.3) is 5.91 Å². The SMILES string of the molecule is Cc1ccccc1OCC(=O)N(C)CC(=O)NC(C)C. The maximum atomic E-state index is 11.9. The Kier molecular flexibility index (Phi) is 6.03. The number of nitrogens with one attached hydrogen (secondary N) is 1. The van der Waals surface area contributed by atoms with Gasteiger partial charge in [-0.05, 0) is 32.4 Å². The van der Waals surface area contributed by atoms with Crippen LogP contribution >= 0.6 is 0 Å². The predicted octanol–water partition coefficient (Wildman–Crippen LogP) is 1.36. The second-order valence-corrected chi connectivity index (χ2v) is 5.03. The molecule has 1 aromatic rings. The third kappa shape index (κ3) is 5.30. The Morgan fingerprint density at radius 2 is 1.95 bits per heavy atom. The molecule has 0 aliphatic rings. The molecule has 0 aliphatic carbocycles. The van der Waals surface area contributed by atoms with Gasteiger partial charge in [-0.15, -0.1) is 0 Å². The fraction of sp³-hybridized carbons (Fsp3) is 0.467. The van der Waals surface area contributed by atoms with Crippen molar-refractivity contribution in [3.05, 3.63) is 29.8 Å². The molecule has 20 heavy (non-hydrogen) atoms. The van der Waals surface area contributed by atoms with Crippen LogP contribution in [0.2, 0.25) is 0 Å². The summed E-state index contributed by atoms with van der Waals surface area (Å²) in [7, 11) is 1.59. The quantitative estimate of drug-likeness (QED) is 0.854. The molecule has 1 N–H and O–H groups in total. The number of benzene rings is 1. The van der Waals surface area contributed by atoms with Crippen LogP contribution in [-0.2, 0) is 9.59 Å². The highest BCUT2D eigenvalue weighted by molar-refractivity contribution is 5.85. The minimum Gasteiger partial charge on any atom is -0.484 e. The molecule has 0 spiro atoms. The van der Waals surface area contributed by atoms with Gasteiger partial charge in [0.1, 0.15) is 5.75 Å². The van der Waals surface area contributed by atoms with E-state index in [1.807, 2.05) is 45.0 Å². The molecule has 5 nitrogen and oxygen atoms in total. The predicted molar refractivity (Wildman–Crippen MR) is 77.6 cm³/mol. The number of nitrogens with zero attached hydrogens (tertiary/aromatic N) is 1. The molecule has 0 bridgehead atoms. The summed E-state index contributed by atoms with van der Waals surface area (Å²) >= 11 is 0. The van der Waals surface area contributed by atoms with Gasteiger partial charge in [0.05, 0.1) is 6.54 Å². The van der Waals surface area contributed by atoms with E-state index in [0.717, 1.165) is 5.56 Å². The third-order valence-corrected chi connectivity index (χ3v) is 2.70. The molecule has 0 saturated heterocycles. The van der Waals surface area contributed by atoms with Crippen LogP contribution in [0.5, 0.6) is 5.75 Å². The van der Waals surface area contributed by atoms with E-state index in [2.05, 4.69) is 5.32 Å². The van der Waals surface area contributed by atoms with Crippen molar-refractivity contribution in [3.8, 4) is 5.75 Å². The van der Waals surface area contributed by atoms with E-state index in [9.17, 15) is 9.59 Å². The Bertz CT molecular complexity index is 472. The van der Waals surface area contributed by atoms with E-state index in [1.54, 1.807) is 7.05 Å². The zero-order valence-corrected chi connectivity index (χ0v) is 12.5. The van der Waals surface area contributed by atoms with Gasteiger partial charge in [-0.25, -0.2) is 0 Å². The fourth-order valence-electron chi connectivity index (χ4n) is 1.64. The summed E-state index contributed by atoms with van der Waals surface area (Å²) in [5.74, 6) is 0.278. The van der Waals surface area contributed by atoms with Crippen LogP contribution in [0, 0.1) is 6.92 Å². The molecular formula is C15H22N2O3. The monoisotopic (exact) mass is 278 g/mol. The zero-order chi connectivity index (χ0) is 15.1. The smallest absolute Gasteiger partial charge is 0.260 e. The first-order chi connectivity index (χ1) is 9.40. The van der Waals surface area contributed by atoms with Crippen molar-refractivity contribution in [2.24, 2.45) is 0 Å². The van der Waals surface area contributed by atoms with E-state index in [1.165, 1.54) is 4.90 Å². The van der Waals surface area contributed by atoms with E-state index < -0.39 is 0 Å². The van der Waals surface area contributed by atoms with Crippen LogP contribution in [0.1, 0.15) is 19.4 Å². The number of para-hydroxylation sites is 1. The van der Waals surface area contributed by atoms with Crippen molar-refractivity contribution in [3.63, 3.8) is 0 Å². The number of amides is 2. The molecule has 0 aromatic heterocycles. The molecule has 0 fully saturated rings. The summed E-state index contributed by atoms with van der Waals surface area (Å²) in [6.07, 6.45) is 0. The Balaban J connectivity index is 2.42. The average Bonchev–Trinajstić information content (AvgIpc) is 2.36. The van der Waals surface area contributed by atoms with Crippen LogP contribution in [0.15, 0.2) is 24.3 Å². The molecule has 0 unspecified atom stereocenters. The topological polar surface area (TPSA) is 58.6 Å². The molecule has 0 radical (unpaired) electrons. The van der Waals surface area contributed by atoms with Gasteiger partial charge in [-0.2, -0.15) is 0 Å². The summed E-state index contributed by atoms with van der Waals surface area (Å²) in [5.41, 5.74) is 0.973. The lowest BCUT2D eigenvalue weighted by atomic mass is 10.2. The number of rotatable bonds is 6. The first kappa shape index (κ1) is 16.0. The first-order valence-corrected chi connectivity index (χ1v) is 6.62. The standard InChI is InChI=1S/C15H22N2O3/c1-11(2)16-14(18)9-17(4)15(19)10-20-13-8-6-5-7-12(13)3/h5-8,11H,9-10H2,1-4H3,(H,16,18). The van der Waals surface area contributed by atoms with Gasteiger partial charge >= 0.3 is 0 Å². The van der Waals surface area contributed by atoms with Crippen LogP contribution in [0.25, 0.3) is 0 Å². The van der Waals surface area contributed by atoms with E-state index in [4.69, 9.17) is 4.74 Å². The van der Waals surface area contributed by atoms with E-state index >= 15 is 0 Å². The van der Waals surface area contributed by atoms with Crippen molar-refractivity contribution in [2.45, 2.75) is 26.8 Å². The fourth-order valence-corrected chi connectivity index (χ4v) is 1.64. The Morgan fingerprint density at radius 1 is 1.30 bits per heavy atom. The molecule has 110 valence electrons. The number of carbonyl (C=O) groups is 2. The van der Waals surface area contributed by atoms with Gasteiger partial charge in [0.15, 0.2) is 6.61 Å². The summed E-state index contributed by atoms with van der Waals surface area (Å²) in [6, 6.07) is 7.56.